The van der Waals surface area contributed by atoms with E-state index in [2.05, 4.69) is 5.32 Å². The van der Waals surface area contributed by atoms with Crippen molar-refractivity contribution in [3.63, 3.8) is 0 Å². The highest BCUT2D eigenvalue weighted by Crippen LogP contribution is 2.27. The number of carbonyl (C=O) groups excluding carboxylic acids is 2. The molecule has 8 heteroatoms. The molecule has 1 N–H and O–H groups in total. The maximum atomic E-state index is 14.1. The number of carbonyl (C=O) groups is 2. The predicted molar refractivity (Wildman–Crippen MR) is 161 cm³/mol. The minimum Gasteiger partial charge on any atom is -0.352 e. The number of aryl methyl sites for hydroxylation is 3. The Labute approximate surface area is 239 Å². The molecule has 0 radical (unpaired) electrons. The van der Waals surface area contributed by atoms with Crippen LogP contribution in [0.5, 0.6) is 0 Å². The van der Waals surface area contributed by atoms with Crippen molar-refractivity contribution in [2.75, 3.05) is 10.8 Å². The quantitative estimate of drug-likeness (QED) is 0.314. The molecule has 0 saturated carbocycles. The SMILES string of the molecule is CC[C@H](C)NC(=O)[C@H](CC)N(Cc1cccc(C)c1)C(=O)CN(c1ccc(C)c(C)c1)S(=O)(=O)c1ccccc1. The van der Waals surface area contributed by atoms with Crippen LogP contribution in [0.2, 0.25) is 0 Å². The highest BCUT2D eigenvalue weighted by molar-refractivity contribution is 7.92. The molecule has 3 aromatic rings. The number of sulfonamides is 1. The Balaban J connectivity index is 2.07. The van der Waals surface area contributed by atoms with E-state index in [0.29, 0.717) is 12.1 Å². The first-order valence-corrected chi connectivity index (χ1v) is 15.2. The van der Waals surface area contributed by atoms with Gasteiger partial charge in [0.05, 0.1) is 10.6 Å². The molecule has 214 valence electrons. The van der Waals surface area contributed by atoms with Crippen LogP contribution in [0.25, 0.3) is 0 Å². The first-order valence-electron chi connectivity index (χ1n) is 13.8. The number of hydrogen-bond acceptors (Lipinski definition) is 4. The van der Waals surface area contributed by atoms with Crippen LogP contribution >= 0.6 is 0 Å². The standard InChI is InChI=1S/C32H41N3O4S/c1-7-26(6)33-32(37)30(8-2)34(21-27-14-12-13-23(3)19-27)31(36)22-35(28-18-17-24(4)25(5)20-28)40(38,39)29-15-10-9-11-16-29/h9-20,26,30H,7-8,21-22H2,1-6H3,(H,33,37)/t26-,30-/m0/s1. The maximum absolute atomic E-state index is 14.1. The highest BCUT2D eigenvalue weighted by Gasteiger charge is 2.34. The molecule has 0 aromatic heterocycles. The molecule has 0 aliphatic rings. The summed E-state index contributed by atoms with van der Waals surface area (Å²) in [6.45, 7) is 11.3. The van der Waals surface area contributed by atoms with Crippen molar-refractivity contribution in [1.82, 2.24) is 10.2 Å². The molecule has 0 unspecified atom stereocenters. The summed E-state index contributed by atoms with van der Waals surface area (Å²) in [5, 5.41) is 3.00. The van der Waals surface area contributed by atoms with Crippen molar-refractivity contribution < 1.29 is 18.0 Å². The molecular formula is C32H41N3O4S. The number of nitrogens with one attached hydrogen (secondary N) is 1. The van der Waals surface area contributed by atoms with Gasteiger partial charge in [-0.25, -0.2) is 8.42 Å². The van der Waals surface area contributed by atoms with Gasteiger partial charge in [0.1, 0.15) is 12.6 Å². The van der Waals surface area contributed by atoms with E-state index in [4.69, 9.17) is 0 Å². The van der Waals surface area contributed by atoms with Gasteiger partial charge in [-0.1, -0.05) is 67.9 Å². The van der Waals surface area contributed by atoms with Gasteiger partial charge in [0.15, 0.2) is 0 Å². The van der Waals surface area contributed by atoms with Crippen LogP contribution < -0.4 is 9.62 Å². The van der Waals surface area contributed by atoms with E-state index < -0.39 is 28.5 Å². The molecule has 0 aliphatic carbocycles. The molecule has 0 fully saturated rings. The third-order valence-electron chi connectivity index (χ3n) is 7.21. The summed E-state index contributed by atoms with van der Waals surface area (Å²) in [4.78, 5) is 29.1. The Morgan fingerprint density at radius 1 is 0.850 bits per heavy atom. The van der Waals surface area contributed by atoms with E-state index in [1.165, 1.54) is 17.0 Å². The zero-order valence-electron chi connectivity index (χ0n) is 24.3. The highest BCUT2D eigenvalue weighted by atomic mass is 32.2. The molecule has 2 atom stereocenters. The van der Waals surface area contributed by atoms with Crippen molar-refractivity contribution in [2.24, 2.45) is 0 Å². The van der Waals surface area contributed by atoms with Crippen molar-refractivity contribution in [3.8, 4) is 0 Å². The van der Waals surface area contributed by atoms with Crippen LogP contribution in [0.1, 0.15) is 55.9 Å². The lowest BCUT2D eigenvalue weighted by atomic mass is 10.1. The van der Waals surface area contributed by atoms with Crippen molar-refractivity contribution in [2.45, 2.75) is 77.9 Å². The number of hydrogen-bond donors (Lipinski definition) is 1. The lowest BCUT2D eigenvalue weighted by molar-refractivity contribution is -0.140. The third kappa shape index (κ3) is 7.50. The summed E-state index contributed by atoms with van der Waals surface area (Å²) < 4.78 is 29.0. The number of nitrogens with zero attached hydrogens (tertiary/aromatic N) is 2. The molecule has 3 rings (SSSR count). The van der Waals surface area contributed by atoms with E-state index in [1.807, 2.05) is 71.9 Å². The van der Waals surface area contributed by atoms with Gasteiger partial charge >= 0.3 is 0 Å². The fourth-order valence-electron chi connectivity index (χ4n) is 4.50. The minimum atomic E-state index is -4.08. The number of anilines is 1. The zero-order valence-corrected chi connectivity index (χ0v) is 25.2. The summed E-state index contributed by atoms with van der Waals surface area (Å²) in [6, 6.07) is 20.4. The van der Waals surface area contributed by atoms with Gasteiger partial charge in [0.25, 0.3) is 10.0 Å². The molecule has 0 saturated heterocycles. The second-order valence-corrected chi connectivity index (χ2v) is 12.2. The number of amides is 2. The smallest absolute Gasteiger partial charge is 0.264 e. The Bertz CT molecular complexity index is 1420. The summed E-state index contributed by atoms with van der Waals surface area (Å²) in [6.07, 6.45) is 1.14. The van der Waals surface area contributed by atoms with Gasteiger partial charge in [-0.05, 0) is 81.5 Å². The third-order valence-corrected chi connectivity index (χ3v) is 9.00. The first-order chi connectivity index (χ1) is 19.0. The Morgan fingerprint density at radius 2 is 1.55 bits per heavy atom. The maximum Gasteiger partial charge on any atom is 0.264 e. The zero-order chi connectivity index (χ0) is 29.4. The minimum absolute atomic E-state index is 0.0528. The monoisotopic (exact) mass is 563 g/mol. The molecular weight excluding hydrogens is 522 g/mol. The first kappa shape index (κ1) is 30.9. The van der Waals surface area contributed by atoms with Gasteiger partial charge < -0.3 is 10.2 Å². The second-order valence-electron chi connectivity index (χ2n) is 10.3. The molecule has 7 nitrogen and oxygen atoms in total. The number of benzene rings is 3. The van der Waals surface area contributed by atoms with Gasteiger partial charge in [-0.3, -0.25) is 13.9 Å². The van der Waals surface area contributed by atoms with Crippen LogP contribution in [0.4, 0.5) is 5.69 Å². The summed E-state index contributed by atoms with van der Waals surface area (Å²) >= 11 is 0. The van der Waals surface area contributed by atoms with E-state index in [1.54, 1.807) is 30.3 Å². The molecule has 0 spiro atoms. The summed E-state index contributed by atoms with van der Waals surface area (Å²) in [5.74, 6) is -0.702. The molecule has 0 bridgehead atoms. The van der Waals surface area contributed by atoms with E-state index in [9.17, 15) is 18.0 Å². The molecule has 3 aromatic carbocycles. The van der Waals surface area contributed by atoms with E-state index in [0.717, 1.165) is 33.0 Å². The lowest BCUT2D eigenvalue weighted by Crippen LogP contribution is -2.53. The van der Waals surface area contributed by atoms with Crippen LogP contribution in [0.15, 0.2) is 77.7 Å². The van der Waals surface area contributed by atoms with Gasteiger partial charge in [0.2, 0.25) is 11.8 Å². The van der Waals surface area contributed by atoms with Gasteiger partial charge in [-0.2, -0.15) is 0 Å². The molecule has 40 heavy (non-hydrogen) atoms. The van der Waals surface area contributed by atoms with Crippen LogP contribution in [-0.4, -0.2) is 43.8 Å². The molecule has 0 aliphatic heterocycles. The fourth-order valence-corrected chi connectivity index (χ4v) is 5.92. The fraction of sp³-hybridized carbons (Fsp3) is 0.375. The molecule has 0 heterocycles. The van der Waals surface area contributed by atoms with E-state index in [-0.39, 0.29) is 23.4 Å². The summed E-state index contributed by atoms with van der Waals surface area (Å²) in [7, 11) is -4.08. The number of rotatable bonds is 12. The summed E-state index contributed by atoms with van der Waals surface area (Å²) in [5.41, 5.74) is 4.22. The Kier molecular flexibility index (Phi) is 10.5. The average molecular weight is 564 g/mol. The Hall–Kier alpha value is -3.65. The largest absolute Gasteiger partial charge is 0.352 e. The van der Waals surface area contributed by atoms with Crippen molar-refractivity contribution in [3.05, 3.63) is 95.1 Å². The predicted octanol–water partition coefficient (Wildman–Crippen LogP) is 5.53. The topological polar surface area (TPSA) is 86.8 Å². The second kappa shape index (κ2) is 13.6. The average Bonchev–Trinajstić information content (AvgIpc) is 2.93. The van der Waals surface area contributed by atoms with Crippen LogP contribution in [-0.2, 0) is 26.2 Å². The molecule has 2 amide bonds. The van der Waals surface area contributed by atoms with E-state index >= 15 is 0 Å². The Morgan fingerprint density at radius 3 is 2.15 bits per heavy atom. The van der Waals surface area contributed by atoms with Crippen LogP contribution in [0.3, 0.4) is 0 Å². The van der Waals surface area contributed by atoms with Crippen molar-refractivity contribution >= 4 is 27.5 Å². The van der Waals surface area contributed by atoms with Crippen molar-refractivity contribution in [1.29, 1.82) is 0 Å². The van der Waals surface area contributed by atoms with Crippen LogP contribution in [0, 0.1) is 20.8 Å². The lowest BCUT2D eigenvalue weighted by Gasteiger charge is -2.34. The van der Waals surface area contributed by atoms with Gasteiger partial charge in [0, 0.05) is 12.6 Å². The van der Waals surface area contributed by atoms with Gasteiger partial charge in [-0.15, -0.1) is 0 Å². The normalized spacial score (nSPS) is 12.8.